The van der Waals surface area contributed by atoms with E-state index in [1.54, 1.807) is 41.9 Å². The molecule has 1 aromatic heterocycles. The van der Waals surface area contributed by atoms with Crippen LogP contribution in [0.25, 0.3) is 11.0 Å². The Morgan fingerprint density at radius 2 is 1.91 bits per heavy atom. The van der Waals surface area contributed by atoms with Crippen molar-refractivity contribution in [1.29, 1.82) is 0 Å². The van der Waals surface area contributed by atoms with Crippen molar-refractivity contribution in [2.75, 3.05) is 0 Å². The van der Waals surface area contributed by atoms with Crippen molar-refractivity contribution >= 4 is 34.3 Å². The van der Waals surface area contributed by atoms with Gasteiger partial charge in [0, 0.05) is 11.1 Å². The smallest absolute Gasteiger partial charge is 0.271 e. The first-order valence-corrected chi connectivity index (χ1v) is 10.2. The summed E-state index contributed by atoms with van der Waals surface area (Å²) in [7, 11) is 0. The molecule has 4 rings (SSSR count). The van der Waals surface area contributed by atoms with Gasteiger partial charge in [-0.3, -0.25) is 4.79 Å². The summed E-state index contributed by atoms with van der Waals surface area (Å²) in [5.74, 6) is -0.310. The third-order valence-electron chi connectivity index (χ3n) is 4.71. The second-order valence-electron chi connectivity index (χ2n) is 7.04. The van der Waals surface area contributed by atoms with Gasteiger partial charge in [0.05, 0.1) is 22.8 Å². The number of fused-ring (bicyclic) bond motifs is 1. The van der Waals surface area contributed by atoms with Gasteiger partial charge in [0.25, 0.3) is 5.91 Å². The highest BCUT2D eigenvalue weighted by atomic mass is 35.5. The summed E-state index contributed by atoms with van der Waals surface area (Å²) in [6, 6.07) is 18.5. The number of para-hydroxylation sites is 1. The van der Waals surface area contributed by atoms with E-state index in [1.807, 2.05) is 24.3 Å². The van der Waals surface area contributed by atoms with Crippen LogP contribution in [0, 0.1) is 5.82 Å². The quantitative estimate of drug-likeness (QED) is 0.328. The molecule has 0 saturated carbocycles. The number of amides is 1. The largest absolute Gasteiger partial charge is 0.489 e. The molecule has 0 unspecified atom stereocenters. The molecule has 0 aliphatic heterocycles. The number of carbonyl (C=O) groups excluding carboxylic acids is 1. The normalized spacial score (nSPS) is 11.5. The molecule has 1 N–H and O–H groups in total. The number of carbonyl (C=O) groups is 1. The van der Waals surface area contributed by atoms with Crippen LogP contribution >= 0.6 is 11.6 Å². The van der Waals surface area contributed by atoms with E-state index in [0.717, 1.165) is 11.0 Å². The molecule has 3 aromatic carbocycles. The number of hydrogen-bond donors (Lipinski definition) is 1. The minimum Gasteiger partial charge on any atom is -0.489 e. The number of hydrazone groups is 1. The van der Waals surface area contributed by atoms with Crippen LogP contribution in [0.5, 0.6) is 5.75 Å². The number of aromatic nitrogens is 3. The standard InChI is InChI=1S/C23H19ClFN5O2/c1-15(13-30-22-8-3-2-7-21(22)27-29-30)26-28-23(31)16-9-11-17(12-10-16)32-14-18-19(24)5-4-6-20(18)25/h2-12H,13-14H2,1H3,(H,28,31)/b26-15-. The van der Waals surface area contributed by atoms with Crippen molar-refractivity contribution in [3.05, 3.63) is 88.7 Å². The summed E-state index contributed by atoms with van der Waals surface area (Å²) >= 11 is 6.00. The molecular formula is C23H19ClFN5O2. The van der Waals surface area contributed by atoms with Gasteiger partial charge in [0.1, 0.15) is 23.7 Å². The number of hydrogen-bond acceptors (Lipinski definition) is 5. The third kappa shape index (κ3) is 4.92. The Bertz CT molecular complexity index is 1270. The maximum absolute atomic E-state index is 13.8. The average Bonchev–Trinajstić information content (AvgIpc) is 3.20. The van der Waals surface area contributed by atoms with Crippen molar-refractivity contribution in [2.24, 2.45) is 5.10 Å². The maximum atomic E-state index is 13.8. The van der Waals surface area contributed by atoms with Gasteiger partial charge in [-0.05, 0) is 55.5 Å². The minimum atomic E-state index is -0.430. The highest BCUT2D eigenvalue weighted by molar-refractivity contribution is 6.31. The van der Waals surface area contributed by atoms with E-state index in [1.165, 1.54) is 12.1 Å². The summed E-state index contributed by atoms with van der Waals surface area (Å²) in [5, 5.41) is 12.6. The van der Waals surface area contributed by atoms with Crippen LogP contribution in [-0.2, 0) is 13.2 Å². The van der Waals surface area contributed by atoms with Gasteiger partial charge in [-0.1, -0.05) is 35.0 Å². The molecule has 0 saturated heterocycles. The van der Waals surface area contributed by atoms with Crippen LogP contribution in [0.2, 0.25) is 5.02 Å². The number of nitrogens with zero attached hydrogens (tertiary/aromatic N) is 4. The van der Waals surface area contributed by atoms with Gasteiger partial charge in [-0.2, -0.15) is 5.10 Å². The number of nitrogens with one attached hydrogen (secondary N) is 1. The fourth-order valence-corrected chi connectivity index (χ4v) is 3.24. The molecule has 4 aromatic rings. The SMILES string of the molecule is C/C(Cn1nnc2ccccc21)=N/NC(=O)c1ccc(OCc2c(F)cccc2Cl)cc1. The minimum absolute atomic E-state index is 0.0164. The van der Waals surface area contributed by atoms with Gasteiger partial charge < -0.3 is 4.74 Å². The van der Waals surface area contributed by atoms with Crippen LogP contribution in [0.3, 0.4) is 0 Å². The van der Waals surface area contributed by atoms with Crippen molar-refractivity contribution in [3.63, 3.8) is 0 Å². The lowest BCUT2D eigenvalue weighted by Crippen LogP contribution is -2.20. The highest BCUT2D eigenvalue weighted by Gasteiger charge is 2.09. The van der Waals surface area contributed by atoms with Crippen LogP contribution in [-0.4, -0.2) is 26.6 Å². The van der Waals surface area contributed by atoms with E-state index in [0.29, 0.717) is 28.6 Å². The molecule has 162 valence electrons. The van der Waals surface area contributed by atoms with Gasteiger partial charge in [-0.15, -0.1) is 5.10 Å². The molecule has 0 spiro atoms. The van der Waals surface area contributed by atoms with Gasteiger partial charge in [0.15, 0.2) is 0 Å². The Kier molecular flexibility index (Phi) is 6.42. The van der Waals surface area contributed by atoms with E-state index in [9.17, 15) is 9.18 Å². The molecule has 0 radical (unpaired) electrons. The zero-order valence-electron chi connectivity index (χ0n) is 17.1. The zero-order chi connectivity index (χ0) is 22.5. The van der Waals surface area contributed by atoms with Crippen LogP contribution in [0.1, 0.15) is 22.8 Å². The van der Waals surface area contributed by atoms with Crippen LogP contribution in [0.15, 0.2) is 71.8 Å². The molecule has 1 amide bonds. The number of ether oxygens (including phenoxy) is 1. The first-order chi connectivity index (χ1) is 15.5. The molecule has 1 heterocycles. The molecule has 0 atom stereocenters. The molecule has 9 heteroatoms. The Morgan fingerprint density at radius 1 is 1.12 bits per heavy atom. The lowest BCUT2D eigenvalue weighted by Gasteiger charge is -2.09. The lowest BCUT2D eigenvalue weighted by atomic mass is 10.2. The topological polar surface area (TPSA) is 81.4 Å². The van der Waals surface area contributed by atoms with Gasteiger partial charge in [0.2, 0.25) is 0 Å². The van der Waals surface area contributed by atoms with Crippen LogP contribution in [0.4, 0.5) is 4.39 Å². The number of benzene rings is 3. The van der Waals surface area contributed by atoms with E-state index in [4.69, 9.17) is 16.3 Å². The monoisotopic (exact) mass is 451 g/mol. The predicted octanol–water partition coefficient (Wildman–Crippen LogP) is 4.61. The average molecular weight is 452 g/mol. The second-order valence-corrected chi connectivity index (χ2v) is 7.44. The van der Waals surface area contributed by atoms with Gasteiger partial charge >= 0.3 is 0 Å². The molecule has 0 aliphatic carbocycles. The zero-order valence-corrected chi connectivity index (χ0v) is 17.9. The lowest BCUT2D eigenvalue weighted by molar-refractivity contribution is 0.0954. The van der Waals surface area contributed by atoms with Crippen molar-refractivity contribution < 1.29 is 13.9 Å². The second kappa shape index (κ2) is 9.57. The van der Waals surface area contributed by atoms with E-state index in [-0.39, 0.29) is 18.1 Å². The molecule has 0 fully saturated rings. The Hall–Kier alpha value is -3.78. The fourth-order valence-electron chi connectivity index (χ4n) is 3.03. The maximum Gasteiger partial charge on any atom is 0.271 e. The molecule has 32 heavy (non-hydrogen) atoms. The Labute approximate surface area is 188 Å². The molecule has 7 nitrogen and oxygen atoms in total. The van der Waals surface area contributed by atoms with Crippen molar-refractivity contribution in [3.8, 4) is 5.75 Å². The summed E-state index contributed by atoms with van der Waals surface area (Å²) in [4.78, 5) is 12.4. The van der Waals surface area contributed by atoms with Crippen molar-refractivity contribution in [1.82, 2.24) is 20.4 Å². The number of rotatable bonds is 7. The molecular weight excluding hydrogens is 433 g/mol. The highest BCUT2D eigenvalue weighted by Crippen LogP contribution is 2.21. The van der Waals surface area contributed by atoms with Crippen molar-refractivity contribution in [2.45, 2.75) is 20.1 Å². The van der Waals surface area contributed by atoms with E-state index in [2.05, 4.69) is 20.8 Å². The first kappa shape index (κ1) is 21.5. The summed E-state index contributed by atoms with van der Waals surface area (Å²) < 4.78 is 21.1. The predicted molar refractivity (Wildman–Crippen MR) is 120 cm³/mol. The fraction of sp³-hybridized carbons (Fsp3) is 0.130. The Balaban J connectivity index is 1.34. The third-order valence-corrected chi connectivity index (χ3v) is 5.06. The first-order valence-electron chi connectivity index (χ1n) is 9.79. The summed E-state index contributed by atoms with van der Waals surface area (Å²) in [6.45, 7) is 2.17. The van der Waals surface area contributed by atoms with E-state index >= 15 is 0 Å². The molecule has 0 aliphatic rings. The Morgan fingerprint density at radius 3 is 2.69 bits per heavy atom. The van der Waals surface area contributed by atoms with E-state index < -0.39 is 5.82 Å². The van der Waals surface area contributed by atoms with Gasteiger partial charge in [-0.25, -0.2) is 14.5 Å². The van der Waals surface area contributed by atoms with Crippen LogP contribution < -0.4 is 10.2 Å². The summed E-state index contributed by atoms with van der Waals surface area (Å²) in [6.07, 6.45) is 0. The summed E-state index contributed by atoms with van der Waals surface area (Å²) in [5.41, 5.74) is 5.56. The molecule has 0 bridgehead atoms. The number of halogens is 2.